The summed E-state index contributed by atoms with van der Waals surface area (Å²) in [4.78, 5) is 25.1. The number of halogens is 4. The summed E-state index contributed by atoms with van der Waals surface area (Å²) in [5.41, 5.74) is 1.17. The van der Waals surface area contributed by atoms with Crippen molar-refractivity contribution in [3.63, 3.8) is 0 Å². The highest BCUT2D eigenvalue weighted by molar-refractivity contribution is 9.10. The van der Waals surface area contributed by atoms with E-state index in [1.807, 2.05) is 39.0 Å². The van der Waals surface area contributed by atoms with Crippen LogP contribution >= 0.6 is 27.3 Å². The maximum absolute atomic E-state index is 14.1. The van der Waals surface area contributed by atoms with E-state index in [0.29, 0.717) is 10.6 Å². The zero-order chi connectivity index (χ0) is 30.3. The lowest BCUT2D eigenvalue weighted by atomic mass is 10.0. The van der Waals surface area contributed by atoms with E-state index in [-0.39, 0.29) is 45.4 Å². The quantitative estimate of drug-likeness (QED) is 0.151. The minimum atomic E-state index is -4.62. The van der Waals surface area contributed by atoms with E-state index >= 15 is 0 Å². The molecule has 0 saturated carbocycles. The molecular weight excluding hydrogens is 639 g/mol. The summed E-state index contributed by atoms with van der Waals surface area (Å²) in [7, 11) is 0. The molecule has 1 amide bonds. The van der Waals surface area contributed by atoms with E-state index in [9.17, 15) is 28.1 Å². The Labute approximate surface area is 251 Å². The molecule has 1 aliphatic heterocycles. The number of nitro benzene ring substituents is 1. The van der Waals surface area contributed by atoms with Gasteiger partial charge in [0.1, 0.15) is 17.3 Å². The molecule has 0 spiro atoms. The molecule has 5 rings (SSSR count). The van der Waals surface area contributed by atoms with E-state index < -0.39 is 29.1 Å². The molecule has 1 aliphatic rings. The number of rotatable bonds is 7. The van der Waals surface area contributed by atoms with Crippen LogP contribution in [0.1, 0.15) is 64.8 Å². The first-order chi connectivity index (χ1) is 19.8. The third-order valence-corrected chi connectivity index (χ3v) is 8.51. The number of alkyl halides is 3. The van der Waals surface area contributed by atoms with Crippen LogP contribution in [-0.2, 0) is 0 Å². The van der Waals surface area contributed by atoms with Crippen molar-refractivity contribution in [2.75, 3.05) is 10.6 Å². The molecule has 4 aromatic rings. The Bertz CT molecular complexity index is 1660. The van der Waals surface area contributed by atoms with Crippen molar-refractivity contribution in [3.05, 3.63) is 90.2 Å². The monoisotopic (exact) mass is 663 g/mol. The van der Waals surface area contributed by atoms with Gasteiger partial charge in [-0.05, 0) is 57.4 Å². The number of fused-ring (bicyclic) bond motifs is 1. The molecule has 2 aromatic carbocycles. The van der Waals surface area contributed by atoms with Gasteiger partial charge >= 0.3 is 6.18 Å². The van der Waals surface area contributed by atoms with Gasteiger partial charge in [-0.2, -0.15) is 18.3 Å². The number of carbonyl (C=O) groups is 1. The Morgan fingerprint density at radius 2 is 2.02 bits per heavy atom. The number of nitro groups is 1. The van der Waals surface area contributed by atoms with Gasteiger partial charge in [0, 0.05) is 23.4 Å². The number of anilines is 2. The average Bonchev–Trinajstić information content (AvgIpc) is 3.56. The highest BCUT2D eigenvalue weighted by Crippen LogP contribution is 2.47. The Balaban J connectivity index is 1.47. The number of hydrogen-bond acceptors (Lipinski definition) is 7. The van der Waals surface area contributed by atoms with Crippen molar-refractivity contribution in [1.29, 1.82) is 0 Å². The van der Waals surface area contributed by atoms with E-state index in [1.165, 1.54) is 23.5 Å². The third-order valence-electron chi connectivity index (χ3n) is 6.78. The summed E-state index contributed by atoms with van der Waals surface area (Å²) in [6, 6.07) is 10.3. The molecule has 0 radical (unpaired) electrons. The van der Waals surface area contributed by atoms with Crippen molar-refractivity contribution in [2.24, 2.45) is 0 Å². The molecule has 2 atom stereocenters. The van der Waals surface area contributed by atoms with Crippen LogP contribution in [0.15, 0.2) is 58.4 Å². The highest BCUT2D eigenvalue weighted by atomic mass is 79.9. The molecule has 14 heteroatoms. The van der Waals surface area contributed by atoms with Crippen molar-refractivity contribution in [1.82, 2.24) is 9.78 Å². The number of nitrogens with one attached hydrogen (secondary N) is 2. The number of carbonyl (C=O) groups excluding carboxylic acids is 1. The van der Waals surface area contributed by atoms with Gasteiger partial charge in [-0.3, -0.25) is 14.9 Å². The third kappa shape index (κ3) is 6.00. The molecule has 42 heavy (non-hydrogen) atoms. The van der Waals surface area contributed by atoms with Crippen LogP contribution in [0.4, 0.5) is 30.4 Å². The van der Waals surface area contributed by atoms with Gasteiger partial charge in [-0.25, -0.2) is 4.68 Å². The van der Waals surface area contributed by atoms with Gasteiger partial charge in [0.2, 0.25) is 0 Å². The Morgan fingerprint density at radius 1 is 1.26 bits per heavy atom. The number of amides is 1. The van der Waals surface area contributed by atoms with E-state index in [2.05, 4.69) is 31.7 Å². The van der Waals surface area contributed by atoms with Crippen LogP contribution in [-0.4, -0.2) is 26.8 Å². The molecule has 2 aromatic heterocycles. The Kier molecular flexibility index (Phi) is 8.03. The SMILES string of the molecule is Cc1ccc(C(C)C)c(Oc2cc(NC(=O)c3nn4c(c3Br)N[C@H](c3cccs3)C[C@@H]4C(F)(F)F)cc([N+](=O)[O-])c2)c1. The second-order valence-corrected chi connectivity index (χ2v) is 12.0. The van der Waals surface area contributed by atoms with Crippen molar-refractivity contribution >= 4 is 50.4 Å². The van der Waals surface area contributed by atoms with Gasteiger partial charge in [0.25, 0.3) is 11.6 Å². The first-order valence-electron chi connectivity index (χ1n) is 12.9. The molecule has 0 fully saturated rings. The zero-order valence-corrected chi connectivity index (χ0v) is 24.9. The number of aromatic nitrogens is 2. The molecule has 0 unspecified atom stereocenters. The number of non-ortho nitro benzene ring substituents is 1. The second kappa shape index (κ2) is 11.4. The largest absolute Gasteiger partial charge is 0.457 e. The van der Waals surface area contributed by atoms with Crippen LogP contribution in [0, 0.1) is 17.0 Å². The van der Waals surface area contributed by atoms with Gasteiger partial charge < -0.3 is 15.4 Å². The molecular formula is C28H25BrF3N5O4S. The maximum Gasteiger partial charge on any atom is 0.410 e. The highest BCUT2D eigenvalue weighted by Gasteiger charge is 2.48. The van der Waals surface area contributed by atoms with Gasteiger partial charge in [0.05, 0.1) is 27.2 Å². The number of nitrogens with zero attached hydrogens (tertiary/aromatic N) is 3. The van der Waals surface area contributed by atoms with Gasteiger partial charge in [-0.15, -0.1) is 11.3 Å². The number of hydrogen-bond donors (Lipinski definition) is 2. The van der Waals surface area contributed by atoms with Crippen LogP contribution in [0.5, 0.6) is 11.5 Å². The molecule has 0 aliphatic carbocycles. The Hall–Kier alpha value is -3.91. The number of benzene rings is 2. The molecule has 9 nitrogen and oxygen atoms in total. The second-order valence-electron chi connectivity index (χ2n) is 10.2. The van der Waals surface area contributed by atoms with Gasteiger partial charge in [0.15, 0.2) is 11.7 Å². The smallest absolute Gasteiger partial charge is 0.410 e. The number of thiophene rings is 1. The summed E-state index contributed by atoms with van der Waals surface area (Å²) >= 11 is 4.58. The van der Waals surface area contributed by atoms with E-state index in [1.54, 1.807) is 17.5 Å². The predicted octanol–water partition coefficient (Wildman–Crippen LogP) is 8.75. The summed E-state index contributed by atoms with van der Waals surface area (Å²) in [6.45, 7) is 5.86. The van der Waals surface area contributed by atoms with E-state index in [0.717, 1.165) is 21.9 Å². The maximum atomic E-state index is 14.1. The van der Waals surface area contributed by atoms with Gasteiger partial charge in [-0.1, -0.05) is 32.0 Å². The molecule has 2 N–H and O–H groups in total. The number of ether oxygens (including phenoxy) is 1. The molecule has 0 saturated heterocycles. The number of aryl methyl sites for hydroxylation is 1. The summed E-state index contributed by atoms with van der Waals surface area (Å²) in [6.07, 6.45) is -4.93. The lowest BCUT2D eigenvalue weighted by Crippen LogP contribution is -2.35. The van der Waals surface area contributed by atoms with Crippen LogP contribution in [0.2, 0.25) is 0 Å². The fourth-order valence-corrected chi connectivity index (χ4v) is 6.10. The lowest BCUT2D eigenvalue weighted by Gasteiger charge is -2.33. The predicted molar refractivity (Wildman–Crippen MR) is 157 cm³/mol. The van der Waals surface area contributed by atoms with E-state index in [4.69, 9.17) is 4.74 Å². The fourth-order valence-electron chi connectivity index (χ4n) is 4.75. The molecule has 0 bridgehead atoms. The zero-order valence-electron chi connectivity index (χ0n) is 22.5. The van der Waals surface area contributed by atoms with Crippen LogP contribution in [0.3, 0.4) is 0 Å². The minimum absolute atomic E-state index is 0.0100. The summed E-state index contributed by atoms with van der Waals surface area (Å²) < 4.78 is 49.1. The standard InChI is InChI=1S/C28H25BrF3N5O4S/c1-14(2)19-7-6-15(3)9-21(19)41-18-11-16(10-17(12-18)37(39)40)33-27(38)25-24(29)26-34-20(22-5-4-8-42-22)13-23(28(30,31)32)36(26)35-25/h4-12,14,20,23,34H,13H2,1-3H3,(H,33,38)/t20-,23+/m0/s1. The Morgan fingerprint density at radius 3 is 2.67 bits per heavy atom. The lowest BCUT2D eigenvalue weighted by molar-refractivity contribution is -0.384. The molecule has 3 heterocycles. The summed E-state index contributed by atoms with van der Waals surface area (Å²) in [5, 5.41) is 23.1. The molecule has 220 valence electrons. The average molecular weight is 665 g/mol. The van der Waals surface area contributed by atoms with Crippen LogP contribution in [0.25, 0.3) is 0 Å². The summed E-state index contributed by atoms with van der Waals surface area (Å²) in [5.74, 6) is -0.124. The topological polar surface area (TPSA) is 111 Å². The van der Waals surface area contributed by atoms with Crippen molar-refractivity contribution in [2.45, 2.75) is 51.4 Å². The first kappa shape index (κ1) is 29.6. The first-order valence-corrected chi connectivity index (χ1v) is 14.5. The fraction of sp³-hybridized carbons (Fsp3) is 0.286. The van der Waals surface area contributed by atoms with Crippen molar-refractivity contribution in [3.8, 4) is 11.5 Å². The normalized spacial score (nSPS) is 16.6. The minimum Gasteiger partial charge on any atom is -0.457 e. The van der Waals surface area contributed by atoms with Crippen molar-refractivity contribution < 1.29 is 27.6 Å². The van der Waals surface area contributed by atoms with Crippen LogP contribution < -0.4 is 15.4 Å².